The molecule has 12 heteroatoms. The Morgan fingerprint density at radius 1 is 1.35 bits per heavy atom. The zero-order valence-electron chi connectivity index (χ0n) is 13.7. The molecule has 0 radical (unpaired) electrons. The van der Waals surface area contributed by atoms with Crippen LogP contribution in [0.5, 0.6) is 0 Å². The third kappa shape index (κ3) is 3.65. The van der Waals surface area contributed by atoms with E-state index in [1.54, 1.807) is 0 Å². The summed E-state index contributed by atoms with van der Waals surface area (Å²) in [7, 11) is 0. The van der Waals surface area contributed by atoms with Gasteiger partial charge in [0.25, 0.3) is 0 Å². The maximum atomic E-state index is 10.7. The average molecular weight is 431 g/mol. The van der Waals surface area contributed by atoms with Gasteiger partial charge in [0.05, 0.1) is 0 Å². The number of hydrogen-bond acceptors (Lipinski definition) is 9. The van der Waals surface area contributed by atoms with E-state index in [4.69, 9.17) is 21.3 Å². The molecule has 1 saturated heterocycles. The van der Waals surface area contributed by atoms with Crippen molar-refractivity contribution in [1.82, 2.24) is 19.5 Å². The third-order valence-electron chi connectivity index (χ3n) is 4.17. The Morgan fingerprint density at radius 3 is 2.85 bits per heavy atom. The molecule has 11 nitrogen and oxygen atoms in total. The molecule has 2 aromatic rings. The van der Waals surface area contributed by atoms with Crippen LogP contribution in [-0.2, 0) is 9.53 Å². The number of carbonyl (C=O) groups is 1. The topological polar surface area (TPSA) is 183 Å². The molecule has 2 aromatic heterocycles. The number of anilines is 1. The average Bonchev–Trinajstić information content (AvgIpc) is 3.15. The van der Waals surface area contributed by atoms with Gasteiger partial charge in [-0.15, -0.1) is 0 Å². The number of aliphatic hydroxyl groups is 2. The summed E-state index contributed by atoms with van der Waals surface area (Å²) in [4.78, 5) is 22.8. The number of carboxylic acid groups (broad SMARTS) is 1. The Bertz CT molecular complexity index is 788. The van der Waals surface area contributed by atoms with Crippen LogP contribution in [0.25, 0.3) is 11.2 Å². The minimum absolute atomic E-state index is 0.0247. The number of ether oxygens (including phenoxy) is 1. The zero-order valence-corrected chi connectivity index (χ0v) is 15.4. The van der Waals surface area contributed by atoms with Gasteiger partial charge in [-0.2, -0.15) is 0 Å². The fraction of sp³-hybridized carbons (Fsp3) is 0.571. The molecule has 0 bridgehead atoms. The Hall–Kier alpha value is -1.82. The number of nitrogen functional groups attached to an aromatic ring is 1. The van der Waals surface area contributed by atoms with Crippen LogP contribution in [0.1, 0.15) is 12.6 Å². The Labute approximate surface area is 154 Å². The van der Waals surface area contributed by atoms with Crippen LogP contribution >= 0.6 is 0 Å². The number of nitrogens with zero attached hydrogens (tertiary/aromatic N) is 4. The van der Waals surface area contributed by atoms with Gasteiger partial charge in [0.15, 0.2) is 0 Å². The molecule has 3 rings (SSSR count). The molecule has 26 heavy (non-hydrogen) atoms. The number of aromatic nitrogens is 4. The zero-order chi connectivity index (χ0) is 18.8. The molecule has 142 valence electrons. The molecule has 7 N–H and O–H groups in total. The number of fused-ring (bicyclic) bond motifs is 1. The summed E-state index contributed by atoms with van der Waals surface area (Å²) in [6.45, 7) is 0. The van der Waals surface area contributed by atoms with Crippen LogP contribution in [0, 0.1) is 0 Å². The van der Waals surface area contributed by atoms with Gasteiger partial charge < -0.3 is 0 Å². The Kier molecular flexibility index (Phi) is 5.70. The van der Waals surface area contributed by atoms with E-state index in [0.29, 0.717) is 28.2 Å². The third-order valence-corrected chi connectivity index (χ3v) is 6.45. The van der Waals surface area contributed by atoms with Crippen molar-refractivity contribution in [3.63, 3.8) is 0 Å². The SMILES string of the molecule is Nc1ncnc2c1ncn2[C@H]1O[C@H](C[Se]CC[C@H](N)C(=O)O)[C@@H](O)[C@H]1O. The molecule has 5 atom stereocenters. The van der Waals surface area contributed by atoms with E-state index in [2.05, 4.69) is 15.0 Å². The van der Waals surface area contributed by atoms with Gasteiger partial charge in [-0.3, -0.25) is 0 Å². The number of imidazole rings is 1. The van der Waals surface area contributed by atoms with E-state index in [9.17, 15) is 15.0 Å². The van der Waals surface area contributed by atoms with Gasteiger partial charge in [-0.25, -0.2) is 0 Å². The molecule has 0 aromatic carbocycles. The number of rotatable bonds is 7. The number of aliphatic carboxylic acids is 1. The van der Waals surface area contributed by atoms with Crippen LogP contribution in [0.4, 0.5) is 5.82 Å². The first kappa shape index (κ1) is 19.0. The molecular weight excluding hydrogens is 411 g/mol. The summed E-state index contributed by atoms with van der Waals surface area (Å²) in [5.41, 5.74) is 12.0. The van der Waals surface area contributed by atoms with Gasteiger partial charge in [0.1, 0.15) is 0 Å². The van der Waals surface area contributed by atoms with Crippen molar-refractivity contribution in [2.75, 3.05) is 5.73 Å². The van der Waals surface area contributed by atoms with Gasteiger partial charge >= 0.3 is 154 Å². The van der Waals surface area contributed by atoms with Crippen molar-refractivity contribution >= 4 is 37.9 Å². The van der Waals surface area contributed by atoms with E-state index < -0.39 is 36.6 Å². The molecule has 1 fully saturated rings. The predicted octanol–water partition coefficient (Wildman–Crippen LogP) is -1.63. The summed E-state index contributed by atoms with van der Waals surface area (Å²) in [6, 6.07) is -0.882. The summed E-state index contributed by atoms with van der Waals surface area (Å²) < 4.78 is 7.35. The first-order valence-corrected chi connectivity index (χ1v) is 10.3. The molecule has 1 aliphatic rings. The van der Waals surface area contributed by atoms with Crippen molar-refractivity contribution in [2.45, 2.75) is 47.6 Å². The summed E-state index contributed by atoms with van der Waals surface area (Å²) in [5.74, 6) is -0.807. The molecule has 1 aliphatic heterocycles. The number of hydrogen-bond donors (Lipinski definition) is 5. The van der Waals surface area contributed by atoms with Crippen molar-refractivity contribution in [3.8, 4) is 0 Å². The Morgan fingerprint density at radius 2 is 2.12 bits per heavy atom. The molecule has 0 unspecified atom stereocenters. The van der Waals surface area contributed by atoms with Crippen LogP contribution in [-0.4, -0.2) is 80.1 Å². The first-order chi connectivity index (χ1) is 12.4. The number of nitrogens with two attached hydrogens (primary N) is 2. The van der Waals surface area contributed by atoms with Gasteiger partial charge in [-0.05, 0) is 0 Å². The fourth-order valence-corrected chi connectivity index (χ4v) is 4.98. The van der Waals surface area contributed by atoms with Crippen LogP contribution in [0.3, 0.4) is 0 Å². The summed E-state index contributed by atoms with van der Waals surface area (Å²) >= 11 is 0.0247. The standard InChI is InChI=1S/C14H20N6O5Se/c15-6(14(23)24)1-2-26-3-7-9(21)10(22)13(25-7)20-5-19-8-11(16)17-4-18-12(8)20/h4-7,9-10,13,21-22H,1-3,15H2,(H,23,24)(H2,16,17,18)/t6-,7+,9+,10+,13-/m0/s1. The summed E-state index contributed by atoms with van der Waals surface area (Å²) in [6.07, 6.45) is -0.515. The quantitative estimate of drug-likeness (QED) is 0.252. The van der Waals surface area contributed by atoms with Gasteiger partial charge in [0, 0.05) is 0 Å². The number of carboxylic acids is 1. The van der Waals surface area contributed by atoms with E-state index in [0.717, 1.165) is 0 Å². The second kappa shape index (κ2) is 7.82. The van der Waals surface area contributed by atoms with Crippen molar-refractivity contribution in [1.29, 1.82) is 0 Å². The van der Waals surface area contributed by atoms with Gasteiger partial charge in [0.2, 0.25) is 0 Å². The number of aliphatic hydroxyl groups excluding tert-OH is 2. The normalized spacial score (nSPS) is 27.0. The van der Waals surface area contributed by atoms with E-state index in [1.165, 1.54) is 17.2 Å². The molecule has 0 saturated carbocycles. The van der Waals surface area contributed by atoms with E-state index >= 15 is 0 Å². The molecule has 0 amide bonds. The predicted molar refractivity (Wildman–Crippen MR) is 91.3 cm³/mol. The van der Waals surface area contributed by atoms with Crippen LogP contribution < -0.4 is 11.5 Å². The van der Waals surface area contributed by atoms with Crippen molar-refractivity contribution < 1.29 is 24.9 Å². The molecule has 3 heterocycles. The van der Waals surface area contributed by atoms with E-state index in [1.807, 2.05) is 0 Å². The molecule has 0 aliphatic carbocycles. The maximum absolute atomic E-state index is 10.7. The Balaban J connectivity index is 1.64. The molecular formula is C14H20N6O5Se. The molecule has 0 spiro atoms. The van der Waals surface area contributed by atoms with Crippen molar-refractivity contribution in [2.24, 2.45) is 5.73 Å². The van der Waals surface area contributed by atoms with Crippen LogP contribution in [0.15, 0.2) is 12.7 Å². The second-order valence-corrected chi connectivity index (χ2v) is 8.35. The monoisotopic (exact) mass is 432 g/mol. The summed E-state index contributed by atoms with van der Waals surface area (Å²) in [5, 5.41) is 30.6. The second-order valence-electron chi connectivity index (χ2n) is 5.94. The first-order valence-electron chi connectivity index (χ1n) is 7.91. The fourth-order valence-electron chi connectivity index (χ4n) is 2.69. The van der Waals surface area contributed by atoms with E-state index in [-0.39, 0.29) is 20.8 Å². The van der Waals surface area contributed by atoms with Crippen LogP contribution in [0.2, 0.25) is 10.6 Å². The van der Waals surface area contributed by atoms with Crippen molar-refractivity contribution in [3.05, 3.63) is 12.7 Å². The minimum atomic E-state index is -1.15. The van der Waals surface area contributed by atoms with Gasteiger partial charge in [-0.1, -0.05) is 0 Å².